The van der Waals surface area contributed by atoms with Gasteiger partial charge in [-0.25, -0.2) is 4.79 Å². The van der Waals surface area contributed by atoms with E-state index in [1.165, 1.54) is 0 Å². The van der Waals surface area contributed by atoms with Gasteiger partial charge >= 0.3 is 5.76 Å². The van der Waals surface area contributed by atoms with E-state index in [0.717, 1.165) is 5.76 Å². The maximum Gasteiger partial charge on any atom is 0.441 e. The first kappa shape index (κ1) is 8.96. The molecule has 0 amide bonds. The van der Waals surface area contributed by atoms with Crippen LogP contribution in [-0.4, -0.2) is 9.55 Å². The summed E-state index contributed by atoms with van der Waals surface area (Å²) < 4.78 is 12.0. The molecule has 5 heteroatoms. The Balaban J connectivity index is 2.07. The van der Waals surface area contributed by atoms with Gasteiger partial charge in [-0.3, -0.25) is 0 Å². The molecule has 0 fully saturated rings. The Morgan fingerprint density at radius 3 is 3.06 bits per heavy atom. The van der Waals surface area contributed by atoms with Gasteiger partial charge in [0, 0.05) is 6.20 Å². The lowest BCUT2D eigenvalue weighted by atomic mass is 10.3. The SMILES string of the molecule is O=c1nc2n(Cc3ccco3)cccc-2o1. The maximum atomic E-state index is 11.0. The van der Waals surface area contributed by atoms with E-state index in [1.807, 2.05) is 18.3 Å². The summed E-state index contributed by atoms with van der Waals surface area (Å²) in [6.45, 7) is 0.524. The van der Waals surface area contributed by atoms with E-state index in [2.05, 4.69) is 4.98 Å². The number of pyridine rings is 1. The van der Waals surface area contributed by atoms with Gasteiger partial charge in [0.05, 0.1) is 12.8 Å². The minimum absolute atomic E-state index is 0.485. The molecule has 0 aliphatic carbocycles. The third-order valence-electron chi connectivity index (χ3n) is 2.31. The Hall–Kier alpha value is -2.30. The van der Waals surface area contributed by atoms with Gasteiger partial charge in [0.2, 0.25) is 0 Å². The van der Waals surface area contributed by atoms with Crippen LogP contribution in [0.3, 0.4) is 0 Å². The summed E-state index contributed by atoms with van der Waals surface area (Å²) in [5.74, 6) is 1.24. The van der Waals surface area contributed by atoms with Crippen LogP contribution >= 0.6 is 0 Å². The van der Waals surface area contributed by atoms with Crippen molar-refractivity contribution in [1.29, 1.82) is 0 Å². The highest BCUT2D eigenvalue weighted by Crippen LogP contribution is 2.18. The molecule has 1 aromatic heterocycles. The van der Waals surface area contributed by atoms with E-state index in [4.69, 9.17) is 8.83 Å². The summed E-state index contributed by atoms with van der Waals surface area (Å²) in [6.07, 6.45) is 3.44. The number of fused-ring (bicyclic) bond motifs is 1. The molecular weight excluding hydrogens is 208 g/mol. The molecule has 2 aliphatic heterocycles. The molecule has 0 saturated carbocycles. The monoisotopic (exact) mass is 216 g/mol. The number of hydrogen-bond donors (Lipinski definition) is 0. The van der Waals surface area contributed by atoms with Crippen molar-refractivity contribution in [2.45, 2.75) is 6.54 Å². The molecule has 80 valence electrons. The van der Waals surface area contributed by atoms with E-state index >= 15 is 0 Å². The van der Waals surface area contributed by atoms with Crippen LogP contribution in [0.1, 0.15) is 5.76 Å². The van der Waals surface area contributed by atoms with E-state index in [9.17, 15) is 4.79 Å². The number of furan rings is 1. The van der Waals surface area contributed by atoms with Crippen LogP contribution in [0.15, 0.2) is 50.4 Å². The molecule has 2 aliphatic rings. The minimum Gasteiger partial charge on any atom is -0.467 e. The van der Waals surface area contributed by atoms with Crippen molar-refractivity contribution in [2.24, 2.45) is 0 Å². The summed E-state index contributed by atoms with van der Waals surface area (Å²) in [7, 11) is 0. The van der Waals surface area contributed by atoms with Crippen molar-refractivity contribution in [3.05, 3.63) is 53.0 Å². The number of nitrogens with zero attached hydrogens (tertiary/aromatic N) is 2. The van der Waals surface area contributed by atoms with Gasteiger partial charge in [-0.2, -0.15) is 4.98 Å². The molecule has 3 heterocycles. The predicted molar refractivity (Wildman–Crippen MR) is 55.2 cm³/mol. The third kappa shape index (κ3) is 1.42. The molecule has 0 radical (unpaired) electrons. The van der Waals surface area contributed by atoms with Crippen LogP contribution in [0.2, 0.25) is 0 Å². The zero-order valence-corrected chi connectivity index (χ0v) is 8.29. The fraction of sp³-hybridized carbons (Fsp3) is 0.0909. The number of oxazole rings is 1. The van der Waals surface area contributed by atoms with Crippen molar-refractivity contribution in [1.82, 2.24) is 9.55 Å². The highest BCUT2D eigenvalue weighted by atomic mass is 16.4. The predicted octanol–water partition coefficient (Wildman–Crippen LogP) is 1.58. The highest BCUT2D eigenvalue weighted by molar-refractivity contribution is 5.47. The van der Waals surface area contributed by atoms with Crippen molar-refractivity contribution in [2.75, 3.05) is 0 Å². The van der Waals surface area contributed by atoms with E-state index in [0.29, 0.717) is 18.1 Å². The van der Waals surface area contributed by atoms with Crippen LogP contribution < -0.4 is 5.76 Å². The van der Waals surface area contributed by atoms with Gasteiger partial charge in [-0.05, 0) is 24.3 Å². The molecule has 16 heavy (non-hydrogen) atoms. The van der Waals surface area contributed by atoms with E-state index in [1.54, 1.807) is 23.0 Å². The second-order valence-corrected chi connectivity index (χ2v) is 3.38. The van der Waals surface area contributed by atoms with Gasteiger partial charge in [-0.15, -0.1) is 0 Å². The Bertz CT molecular complexity index is 621. The zero-order valence-electron chi connectivity index (χ0n) is 8.29. The standard InChI is InChI=1S/C11H8N2O3/c14-11-12-10-9(16-11)4-1-5-13(10)7-8-3-2-6-15-8/h1-6H,7H2. The maximum absolute atomic E-state index is 11.0. The molecule has 0 bridgehead atoms. The summed E-state index contributed by atoms with van der Waals surface area (Å²) in [6, 6.07) is 7.19. The first-order chi connectivity index (χ1) is 7.83. The van der Waals surface area contributed by atoms with Crippen LogP contribution in [0, 0.1) is 0 Å². The Morgan fingerprint density at radius 1 is 1.31 bits per heavy atom. The van der Waals surface area contributed by atoms with Crippen molar-refractivity contribution >= 4 is 0 Å². The molecule has 0 N–H and O–H groups in total. The van der Waals surface area contributed by atoms with Gasteiger partial charge in [-0.1, -0.05) is 0 Å². The largest absolute Gasteiger partial charge is 0.467 e. The van der Waals surface area contributed by atoms with Crippen LogP contribution in [0.4, 0.5) is 0 Å². The first-order valence-electron chi connectivity index (χ1n) is 4.81. The molecule has 5 nitrogen and oxygen atoms in total. The average molecular weight is 216 g/mol. The first-order valence-corrected chi connectivity index (χ1v) is 4.81. The van der Waals surface area contributed by atoms with Gasteiger partial charge in [0.25, 0.3) is 0 Å². The lowest BCUT2D eigenvalue weighted by molar-refractivity contribution is 0.491. The van der Waals surface area contributed by atoms with E-state index in [-0.39, 0.29) is 0 Å². The Labute approximate surface area is 90.3 Å². The number of rotatable bonds is 2. The lowest BCUT2D eigenvalue weighted by Gasteiger charge is -2.06. The Kier molecular flexibility index (Phi) is 1.89. The van der Waals surface area contributed by atoms with Crippen LogP contribution in [-0.2, 0) is 6.54 Å². The molecule has 3 rings (SSSR count). The van der Waals surface area contributed by atoms with Gasteiger partial charge in [0.1, 0.15) is 5.76 Å². The second kappa shape index (κ2) is 3.37. The van der Waals surface area contributed by atoms with Crippen molar-refractivity contribution in [3.8, 4) is 11.6 Å². The summed E-state index contributed by atoms with van der Waals surface area (Å²) in [5.41, 5.74) is 0. The quantitative estimate of drug-likeness (QED) is 0.652. The minimum atomic E-state index is -0.575. The zero-order chi connectivity index (χ0) is 11.0. The summed E-state index contributed by atoms with van der Waals surface area (Å²) >= 11 is 0. The highest BCUT2D eigenvalue weighted by Gasteiger charge is 2.13. The smallest absolute Gasteiger partial charge is 0.441 e. The fourth-order valence-electron chi connectivity index (χ4n) is 1.62. The van der Waals surface area contributed by atoms with Gasteiger partial charge < -0.3 is 13.4 Å². The molecule has 0 unspecified atom stereocenters. The molecule has 0 aromatic carbocycles. The van der Waals surface area contributed by atoms with E-state index < -0.39 is 5.76 Å². The van der Waals surface area contributed by atoms with Gasteiger partial charge in [0.15, 0.2) is 11.6 Å². The van der Waals surface area contributed by atoms with Crippen molar-refractivity contribution < 1.29 is 8.83 Å². The topological polar surface area (TPSA) is 61.2 Å². The lowest BCUT2D eigenvalue weighted by Crippen LogP contribution is -2.05. The molecule has 0 spiro atoms. The molecule has 0 saturated heterocycles. The second-order valence-electron chi connectivity index (χ2n) is 3.38. The molecular formula is C11H8N2O3. The average Bonchev–Trinajstić information content (AvgIpc) is 2.86. The fourth-order valence-corrected chi connectivity index (χ4v) is 1.62. The van der Waals surface area contributed by atoms with Crippen LogP contribution in [0.25, 0.3) is 11.6 Å². The summed E-state index contributed by atoms with van der Waals surface area (Å²) in [5, 5.41) is 0. The van der Waals surface area contributed by atoms with Crippen molar-refractivity contribution in [3.63, 3.8) is 0 Å². The molecule has 1 aromatic rings. The summed E-state index contributed by atoms with van der Waals surface area (Å²) in [4.78, 5) is 14.8. The number of hydrogen-bond acceptors (Lipinski definition) is 4. The number of aromatic nitrogens is 2. The van der Waals surface area contributed by atoms with Crippen LogP contribution in [0.5, 0.6) is 0 Å². The normalized spacial score (nSPS) is 11.0. The Morgan fingerprint density at radius 2 is 2.25 bits per heavy atom. The molecule has 0 atom stereocenters. The third-order valence-corrected chi connectivity index (χ3v) is 2.31.